The monoisotopic (exact) mass is 893 g/mol. The fourth-order valence-electron chi connectivity index (χ4n) is 9.67. The summed E-state index contributed by atoms with van der Waals surface area (Å²) < 4.78 is 21.5. The molecule has 1 saturated carbocycles. The third kappa shape index (κ3) is 6.33. The van der Waals surface area contributed by atoms with Crippen LogP contribution in [0.15, 0.2) is 98.8 Å². The highest BCUT2D eigenvalue weighted by Crippen LogP contribution is 2.62. The van der Waals surface area contributed by atoms with E-state index in [1.807, 2.05) is 6.08 Å². The van der Waals surface area contributed by atoms with Crippen LogP contribution in [0, 0.1) is 12.8 Å². The minimum atomic E-state index is -1.61. The Labute approximate surface area is 369 Å². The Morgan fingerprint density at radius 2 is 1.62 bits per heavy atom. The average molecular weight is 895 g/mol. The summed E-state index contributed by atoms with van der Waals surface area (Å²) in [6, 6.07) is 19.0. The predicted molar refractivity (Wildman–Crippen MR) is 234 cm³/mol. The second-order valence-electron chi connectivity index (χ2n) is 15.8. The fraction of sp³-hybridized carbons (Fsp3) is 0.289. The van der Waals surface area contributed by atoms with Crippen molar-refractivity contribution < 1.29 is 28.9 Å². The number of aromatic hydroxyl groups is 1. The van der Waals surface area contributed by atoms with Gasteiger partial charge in [-0.15, -0.1) is 0 Å². The third-order valence-electron chi connectivity index (χ3n) is 12.7. The number of hydrogen-bond acceptors (Lipinski definition) is 11. The maximum Gasteiger partial charge on any atom is 0.347 e. The molecule has 4 aromatic carbocycles. The van der Waals surface area contributed by atoms with E-state index in [0.29, 0.717) is 55.6 Å². The Kier molecular flexibility index (Phi) is 10.3. The van der Waals surface area contributed by atoms with Crippen LogP contribution in [0.3, 0.4) is 0 Å². The van der Waals surface area contributed by atoms with Crippen LogP contribution < -0.4 is 36.6 Å². The lowest BCUT2D eigenvalue weighted by Crippen LogP contribution is -2.53. The summed E-state index contributed by atoms with van der Waals surface area (Å²) in [5, 5.41) is 12.2. The zero-order valence-corrected chi connectivity index (χ0v) is 36.2. The maximum atomic E-state index is 15.5. The Balaban J connectivity index is 1.18. The Morgan fingerprint density at radius 3 is 2.30 bits per heavy atom. The van der Waals surface area contributed by atoms with Crippen molar-refractivity contribution in [1.29, 1.82) is 0 Å². The first-order valence-corrected chi connectivity index (χ1v) is 20.8. The van der Waals surface area contributed by atoms with Crippen LogP contribution in [0.2, 0.25) is 10.0 Å². The highest BCUT2D eigenvalue weighted by atomic mass is 35.5. The second kappa shape index (κ2) is 15.5. The molecule has 1 aliphatic carbocycles. The van der Waals surface area contributed by atoms with Gasteiger partial charge in [0.05, 0.1) is 67.0 Å². The van der Waals surface area contributed by atoms with Crippen LogP contribution in [0.1, 0.15) is 40.8 Å². The van der Waals surface area contributed by atoms with E-state index in [9.17, 15) is 19.5 Å². The Bertz CT molecular complexity index is 3120. The number of ether oxygens (including phenoxy) is 3. The number of nitrogens with zero attached hydrogens (tertiary/aromatic N) is 6. The van der Waals surface area contributed by atoms with Crippen molar-refractivity contribution in [3.05, 3.63) is 148 Å². The summed E-state index contributed by atoms with van der Waals surface area (Å²) >= 11 is 12.8. The van der Waals surface area contributed by atoms with Crippen LogP contribution in [-0.4, -0.2) is 66.7 Å². The number of phenolic OH excluding ortho intramolecular Hbond substituents is 1. The SMILES string of the molecule is COc1ccc([C@@]23C(=O)N(Nc4ccc(Cl)cc4Cl)C(=O)[C@@H]2C[C@@H]2C(=CCn4c(=O)n(CCc5nc6cc(OC)c(OC)cc6n(C)c5=O)c(=O)n42)[C@@H]3c2ccc(O)c(C)c2)cc1. The van der Waals surface area contributed by atoms with E-state index in [4.69, 9.17) is 37.4 Å². The number of carbonyl (C=O) groups is 2. The van der Waals surface area contributed by atoms with E-state index < -0.39 is 52.0 Å². The molecule has 2 amide bonds. The van der Waals surface area contributed by atoms with Gasteiger partial charge in [0.2, 0.25) is 0 Å². The minimum absolute atomic E-state index is 0.0324. The van der Waals surface area contributed by atoms with Gasteiger partial charge in [0, 0.05) is 43.1 Å². The number of fused-ring (bicyclic) bond motifs is 5. The molecule has 4 atom stereocenters. The topological polar surface area (TPSA) is 181 Å². The van der Waals surface area contributed by atoms with Crippen LogP contribution in [0.4, 0.5) is 5.69 Å². The number of halogens is 2. The minimum Gasteiger partial charge on any atom is -0.508 e. The van der Waals surface area contributed by atoms with E-state index >= 15 is 9.59 Å². The lowest BCUT2D eigenvalue weighted by Gasteiger charge is -2.49. The van der Waals surface area contributed by atoms with Crippen molar-refractivity contribution in [2.75, 3.05) is 26.8 Å². The van der Waals surface area contributed by atoms with Gasteiger partial charge in [0.1, 0.15) is 17.2 Å². The van der Waals surface area contributed by atoms with Crippen molar-refractivity contribution in [1.82, 2.24) is 28.5 Å². The molecule has 63 heavy (non-hydrogen) atoms. The number of benzene rings is 4. The highest BCUT2D eigenvalue weighted by Gasteiger charge is 2.69. The molecule has 2 fully saturated rings. The lowest BCUT2D eigenvalue weighted by molar-refractivity contribution is -0.138. The van der Waals surface area contributed by atoms with Crippen molar-refractivity contribution in [3.8, 4) is 23.0 Å². The molecule has 0 unspecified atom stereocenters. The lowest BCUT2D eigenvalue weighted by atomic mass is 9.53. The summed E-state index contributed by atoms with van der Waals surface area (Å²) in [5.74, 6) is -1.75. The summed E-state index contributed by atoms with van der Waals surface area (Å²) in [6.45, 7) is 1.52. The first kappa shape index (κ1) is 41.6. The molecule has 0 radical (unpaired) electrons. The van der Waals surface area contributed by atoms with Gasteiger partial charge in [-0.05, 0) is 72.0 Å². The zero-order chi connectivity index (χ0) is 44.6. The molecule has 2 N–H and O–H groups in total. The van der Waals surface area contributed by atoms with E-state index in [2.05, 4.69) is 10.4 Å². The molecule has 0 spiro atoms. The standard InChI is InChI=1S/C45H41Cl2N7O9/c1-23-18-24(6-13-36(23)55)39-28-14-17-52-43(59)51(16-15-32-41(57)50(2)35-22-38(63-5)37(62-4)21-33(35)48-32)44(60)54(52)34(28)20-29-40(56)53(49-31-12-9-26(46)19-30(31)47)42(58)45(29,39)25-7-10-27(61-3)11-8-25/h6-14,18-19,21-22,29,34,39,49,55H,15-17,20H2,1-5H3/t29-,34+,39-,45+/m0/s1. The number of allylic oxidation sites excluding steroid dienone is 2. The molecule has 2 aromatic heterocycles. The summed E-state index contributed by atoms with van der Waals surface area (Å²) in [6.07, 6.45) is 1.74. The van der Waals surface area contributed by atoms with Crippen molar-refractivity contribution in [3.63, 3.8) is 0 Å². The Hall–Kier alpha value is -6.78. The highest BCUT2D eigenvalue weighted by molar-refractivity contribution is 6.36. The molecular formula is C45H41Cl2N7O9. The second-order valence-corrected chi connectivity index (χ2v) is 16.7. The molecule has 2 aliphatic heterocycles. The van der Waals surface area contributed by atoms with Gasteiger partial charge >= 0.3 is 11.4 Å². The van der Waals surface area contributed by atoms with E-state index in [0.717, 1.165) is 9.58 Å². The molecule has 6 aromatic rings. The number of anilines is 1. The normalized spacial score (nSPS) is 20.3. The quantitative estimate of drug-likeness (QED) is 0.135. The number of aromatic nitrogens is 5. The first-order chi connectivity index (χ1) is 30.2. The van der Waals surface area contributed by atoms with E-state index in [-0.39, 0.29) is 48.1 Å². The number of hydrogen-bond donors (Lipinski definition) is 2. The fourth-order valence-corrected chi connectivity index (χ4v) is 10.1. The summed E-state index contributed by atoms with van der Waals surface area (Å²) in [5.41, 5.74) is 3.31. The first-order valence-electron chi connectivity index (χ1n) is 20.0. The number of carbonyl (C=O) groups excluding carboxylic acids is 2. The number of hydrazine groups is 1. The van der Waals surface area contributed by atoms with Gasteiger partial charge in [0.15, 0.2) is 11.5 Å². The average Bonchev–Trinajstić information content (AvgIpc) is 3.65. The molecule has 18 heteroatoms. The van der Waals surface area contributed by atoms with Crippen molar-refractivity contribution in [2.24, 2.45) is 13.0 Å². The molecule has 3 aliphatic rings. The largest absolute Gasteiger partial charge is 0.508 e. The van der Waals surface area contributed by atoms with Crippen molar-refractivity contribution >= 4 is 51.7 Å². The number of methoxy groups -OCH3 is 3. The number of nitrogens with one attached hydrogen (secondary N) is 1. The maximum absolute atomic E-state index is 15.5. The number of aryl methyl sites for hydroxylation is 3. The molecule has 1 saturated heterocycles. The third-order valence-corrected chi connectivity index (χ3v) is 13.2. The summed E-state index contributed by atoms with van der Waals surface area (Å²) in [4.78, 5) is 77.7. The van der Waals surface area contributed by atoms with Crippen molar-refractivity contribution in [2.45, 2.75) is 50.2 Å². The van der Waals surface area contributed by atoms with Gasteiger partial charge < -0.3 is 23.9 Å². The van der Waals surface area contributed by atoms with Gasteiger partial charge in [-0.25, -0.2) is 28.5 Å². The Morgan fingerprint density at radius 1 is 0.889 bits per heavy atom. The van der Waals surface area contributed by atoms with Crippen LogP contribution in [0.25, 0.3) is 11.0 Å². The zero-order valence-electron chi connectivity index (χ0n) is 34.7. The predicted octanol–water partition coefficient (Wildman–Crippen LogP) is 5.27. The van der Waals surface area contributed by atoms with Gasteiger partial charge in [-0.3, -0.25) is 19.8 Å². The number of amides is 2. The molecular weight excluding hydrogens is 853 g/mol. The number of phenols is 1. The molecule has 324 valence electrons. The van der Waals surface area contributed by atoms with E-state index in [1.54, 1.807) is 74.6 Å². The molecule has 0 bridgehead atoms. The van der Waals surface area contributed by atoms with Crippen LogP contribution in [0.5, 0.6) is 23.0 Å². The molecule has 4 heterocycles. The molecule has 9 rings (SSSR count). The summed E-state index contributed by atoms with van der Waals surface area (Å²) in [7, 11) is 6.11. The van der Waals surface area contributed by atoms with Crippen LogP contribution in [-0.2, 0) is 41.6 Å². The van der Waals surface area contributed by atoms with Crippen LogP contribution >= 0.6 is 23.2 Å². The smallest absolute Gasteiger partial charge is 0.347 e. The van der Waals surface area contributed by atoms with Gasteiger partial charge in [-0.2, -0.15) is 5.01 Å². The molecule has 16 nitrogen and oxygen atoms in total. The number of imide groups is 1. The van der Waals surface area contributed by atoms with Gasteiger partial charge in [-0.1, -0.05) is 53.5 Å². The van der Waals surface area contributed by atoms with Gasteiger partial charge in [0.25, 0.3) is 17.4 Å². The van der Waals surface area contributed by atoms with E-state index in [1.165, 1.54) is 47.4 Å². The number of rotatable bonds is 10.